The van der Waals surface area contributed by atoms with Gasteiger partial charge in [-0.05, 0) is 31.2 Å². The fraction of sp³-hybridized carbons (Fsp3) is 0.471. The van der Waals surface area contributed by atoms with Crippen LogP contribution in [0, 0.1) is 0 Å². The number of amides is 2. The summed E-state index contributed by atoms with van der Waals surface area (Å²) < 4.78 is 4.63. The van der Waals surface area contributed by atoms with Crippen LogP contribution in [-0.2, 0) is 20.9 Å². The van der Waals surface area contributed by atoms with E-state index in [2.05, 4.69) is 15.4 Å². The number of carbonyl (C=O) groups excluding carboxylic acids is 3. The molecule has 0 spiro atoms. The molecule has 0 bridgehead atoms. The monoisotopic (exact) mass is 335 g/mol. The van der Waals surface area contributed by atoms with Crippen LogP contribution in [0.3, 0.4) is 0 Å². The van der Waals surface area contributed by atoms with Crippen LogP contribution in [-0.4, -0.2) is 56.0 Å². The zero-order chi connectivity index (χ0) is 17.9. The van der Waals surface area contributed by atoms with Gasteiger partial charge in [-0.15, -0.1) is 0 Å². The van der Waals surface area contributed by atoms with Crippen molar-refractivity contribution < 1.29 is 19.1 Å². The lowest BCUT2D eigenvalue weighted by Gasteiger charge is -2.19. The summed E-state index contributed by atoms with van der Waals surface area (Å²) in [7, 11) is 1.33. The SMILES string of the molecule is CCNC(=O)CN(CC)CC(=O)NCc1ccc(C(=O)OC)cc1. The van der Waals surface area contributed by atoms with E-state index >= 15 is 0 Å². The first-order valence-corrected chi connectivity index (χ1v) is 7.93. The number of ether oxygens (including phenoxy) is 1. The molecule has 0 saturated heterocycles. The van der Waals surface area contributed by atoms with E-state index in [4.69, 9.17) is 0 Å². The van der Waals surface area contributed by atoms with Crippen LogP contribution in [0.15, 0.2) is 24.3 Å². The van der Waals surface area contributed by atoms with E-state index in [1.54, 1.807) is 29.2 Å². The van der Waals surface area contributed by atoms with Crippen LogP contribution in [0.25, 0.3) is 0 Å². The van der Waals surface area contributed by atoms with Crippen molar-refractivity contribution in [2.45, 2.75) is 20.4 Å². The van der Waals surface area contributed by atoms with E-state index < -0.39 is 5.97 Å². The molecule has 7 nitrogen and oxygen atoms in total. The number of carbonyl (C=O) groups is 3. The summed E-state index contributed by atoms with van der Waals surface area (Å²) in [6.07, 6.45) is 0. The Kier molecular flexibility index (Phi) is 8.49. The maximum Gasteiger partial charge on any atom is 0.337 e. The predicted molar refractivity (Wildman–Crippen MR) is 90.4 cm³/mol. The van der Waals surface area contributed by atoms with Crippen LogP contribution in [0.4, 0.5) is 0 Å². The molecule has 0 heterocycles. The summed E-state index contributed by atoms with van der Waals surface area (Å²) >= 11 is 0. The minimum Gasteiger partial charge on any atom is -0.465 e. The van der Waals surface area contributed by atoms with Gasteiger partial charge in [-0.1, -0.05) is 19.1 Å². The molecular weight excluding hydrogens is 310 g/mol. The molecule has 0 fully saturated rings. The Hall–Kier alpha value is -2.41. The van der Waals surface area contributed by atoms with Crippen LogP contribution in [0.1, 0.15) is 29.8 Å². The van der Waals surface area contributed by atoms with Crippen molar-refractivity contribution in [2.24, 2.45) is 0 Å². The van der Waals surface area contributed by atoms with E-state index in [1.165, 1.54) is 7.11 Å². The molecule has 2 amide bonds. The highest BCUT2D eigenvalue weighted by atomic mass is 16.5. The quantitative estimate of drug-likeness (QED) is 0.644. The molecular formula is C17H25N3O4. The molecule has 0 radical (unpaired) electrons. The molecule has 1 rings (SSSR count). The lowest BCUT2D eigenvalue weighted by Crippen LogP contribution is -2.42. The first-order chi connectivity index (χ1) is 11.5. The molecule has 24 heavy (non-hydrogen) atoms. The second-order valence-electron chi connectivity index (χ2n) is 5.22. The topological polar surface area (TPSA) is 87.7 Å². The van der Waals surface area contributed by atoms with Gasteiger partial charge in [-0.2, -0.15) is 0 Å². The minimum absolute atomic E-state index is 0.0921. The molecule has 132 valence electrons. The van der Waals surface area contributed by atoms with Crippen molar-refractivity contribution >= 4 is 17.8 Å². The lowest BCUT2D eigenvalue weighted by atomic mass is 10.1. The second kappa shape index (κ2) is 10.4. The molecule has 1 aromatic carbocycles. The van der Waals surface area contributed by atoms with E-state index in [-0.39, 0.29) is 24.9 Å². The average molecular weight is 335 g/mol. The van der Waals surface area contributed by atoms with Gasteiger partial charge < -0.3 is 15.4 Å². The first-order valence-electron chi connectivity index (χ1n) is 7.93. The molecule has 0 saturated carbocycles. The smallest absolute Gasteiger partial charge is 0.337 e. The number of nitrogens with one attached hydrogen (secondary N) is 2. The molecule has 0 unspecified atom stereocenters. The summed E-state index contributed by atoms with van der Waals surface area (Å²) in [6, 6.07) is 6.83. The van der Waals surface area contributed by atoms with Gasteiger partial charge in [-0.25, -0.2) is 4.79 Å². The van der Waals surface area contributed by atoms with Crippen molar-refractivity contribution in [3.05, 3.63) is 35.4 Å². The van der Waals surface area contributed by atoms with Crippen molar-refractivity contribution in [3.8, 4) is 0 Å². The molecule has 0 aromatic heterocycles. The fourth-order valence-electron chi connectivity index (χ4n) is 2.07. The highest BCUT2D eigenvalue weighted by Crippen LogP contribution is 2.05. The number of nitrogens with zero attached hydrogens (tertiary/aromatic N) is 1. The van der Waals surface area contributed by atoms with Crippen LogP contribution in [0.2, 0.25) is 0 Å². The third-order valence-electron chi connectivity index (χ3n) is 3.42. The van der Waals surface area contributed by atoms with E-state index in [1.807, 2.05) is 13.8 Å². The van der Waals surface area contributed by atoms with Crippen LogP contribution < -0.4 is 10.6 Å². The Labute approximate surface area is 142 Å². The molecule has 1 aromatic rings. The second-order valence-corrected chi connectivity index (χ2v) is 5.22. The van der Waals surface area contributed by atoms with Crippen molar-refractivity contribution in [1.82, 2.24) is 15.5 Å². The Balaban J connectivity index is 2.44. The zero-order valence-corrected chi connectivity index (χ0v) is 14.4. The summed E-state index contributed by atoms with van der Waals surface area (Å²) in [6.45, 7) is 5.66. The summed E-state index contributed by atoms with van der Waals surface area (Å²) in [5.41, 5.74) is 1.34. The average Bonchev–Trinajstić information content (AvgIpc) is 2.59. The largest absolute Gasteiger partial charge is 0.465 e. The number of hydrogen-bond donors (Lipinski definition) is 2. The maximum atomic E-state index is 12.0. The Morgan fingerprint density at radius 3 is 2.08 bits per heavy atom. The Morgan fingerprint density at radius 1 is 1.00 bits per heavy atom. The van der Waals surface area contributed by atoms with E-state index in [0.717, 1.165) is 5.56 Å². The van der Waals surface area contributed by atoms with Crippen LogP contribution >= 0.6 is 0 Å². The standard InChI is InChI=1S/C17H25N3O4/c1-4-18-15(21)11-20(5-2)12-16(22)19-10-13-6-8-14(9-7-13)17(23)24-3/h6-9H,4-5,10-12H2,1-3H3,(H,18,21)(H,19,22). The minimum atomic E-state index is -0.394. The molecule has 0 aliphatic heterocycles. The number of benzene rings is 1. The van der Waals surface area contributed by atoms with Gasteiger partial charge in [0.25, 0.3) is 0 Å². The van der Waals surface area contributed by atoms with E-state index in [9.17, 15) is 14.4 Å². The van der Waals surface area contributed by atoms with Crippen molar-refractivity contribution in [3.63, 3.8) is 0 Å². The van der Waals surface area contributed by atoms with Gasteiger partial charge in [0, 0.05) is 13.1 Å². The summed E-state index contributed by atoms with van der Waals surface area (Å²) in [4.78, 5) is 36.7. The third-order valence-corrected chi connectivity index (χ3v) is 3.42. The number of hydrogen-bond acceptors (Lipinski definition) is 5. The third kappa shape index (κ3) is 6.78. The van der Waals surface area contributed by atoms with Gasteiger partial charge >= 0.3 is 5.97 Å². The highest BCUT2D eigenvalue weighted by Gasteiger charge is 2.12. The zero-order valence-electron chi connectivity index (χ0n) is 14.4. The molecule has 0 atom stereocenters. The maximum absolute atomic E-state index is 12.0. The predicted octanol–water partition coefficient (Wildman–Crippen LogP) is 0.547. The van der Waals surface area contributed by atoms with E-state index in [0.29, 0.717) is 25.2 Å². The lowest BCUT2D eigenvalue weighted by molar-refractivity contribution is -0.125. The molecule has 0 aliphatic rings. The fourth-order valence-corrected chi connectivity index (χ4v) is 2.07. The summed E-state index contributed by atoms with van der Waals surface area (Å²) in [5.74, 6) is -0.640. The summed E-state index contributed by atoms with van der Waals surface area (Å²) in [5, 5.41) is 5.51. The number of methoxy groups -OCH3 is 1. The van der Waals surface area contributed by atoms with Crippen LogP contribution in [0.5, 0.6) is 0 Å². The Bertz CT molecular complexity index is 557. The molecule has 7 heteroatoms. The molecule has 0 aliphatic carbocycles. The first kappa shape index (κ1) is 19.6. The highest BCUT2D eigenvalue weighted by molar-refractivity contribution is 5.89. The number of rotatable bonds is 9. The van der Waals surface area contributed by atoms with Gasteiger partial charge in [0.2, 0.25) is 11.8 Å². The number of esters is 1. The molecule has 2 N–H and O–H groups in total. The van der Waals surface area contributed by atoms with Gasteiger partial charge in [-0.3, -0.25) is 14.5 Å². The van der Waals surface area contributed by atoms with Gasteiger partial charge in [0.15, 0.2) is 0 Å². The van der Waals surface area contributed by atoms with Gasteiger partial charge in [0.05, 0.1) is 25.8 Å². The van der Waals surface area contributed by atoms with Gasteiger partial charge in [0.1, 0.15) is 0 Å². The number of likely N-dealkylation sites (N-methyl/N-ethyl adjacent to an activating group) is 2. The Morgan fingerprint density at radius 2 is 1.58 bits per heavy atom. The van der Waals surface area contributed by atoms with Crippen molar-refractivity contribution in [2.75, 3.05) is 33.3 Å². The van der Waals surface area contributed by atoms with Crippen molar-refractivity contribution in [1.29, 1.82) is 0 Å². The normalized spacial score (nSPS) is 10.3.